The van der Waals surface area contributed by atoms with Gasteiger partial charge in [0.05, 0.1) is 5.69 Å². The molecule has 180 valence electrons. The molecule has 8 nitrogen and oxygen atoms in total. The average molecular weight is 487 g/mol. The molecule has 0 bridgehead atoms. The molecule has 0 aliphatic carbocycles. The normalized spacial score (nSPS) is 14.9. The van der Waals surface area contributed by atoms with Gasteiger partial charge in [0, 0.05) is 56.8 Å². The zero-order valence-corrected chi connectivity index (χ0v) is 20.0. The van der Waals surface area contributed by atoms with E-state index in [9.17, 15) is 17.6 Å². The monoisotopic (exact) mass is 486 g/mol. The SMILES string of the molecule is CCCc1cnc(N2CCC(Oc3ccn(-c4ccc(S(C)(=O)=O)c(F)c4)c(=O)c3)CC2)nc1. The van der Waals surface area contributed by atoms with E-state index in [1.54, 1.807) is 6.07 Å². The molecule has 0 radical (unpaired) electrons. The first-order chi connectivity index (χ1) is 16.2. The molecule has 0 saturated carbocycles. The summed E-state index contributed by atoms with van der Waals surface area (Å²) in [6, 6.07) is 6.58. The number of aryl methyl sites for hydroxylation is 1. The lowest BCUT2D eigenvalue weighted by molar-refractivity contribution is 0.170. The zero-order valence-electron chi connectivity index (χ0n) is 19.1. The first-order valence-electron chi connectivity index (χ1n) is 11.2. The summed E-state index contributed by atoms with van der Waals surface area (Å²) in [6.45, 7) is 3.63. The minimum absolute atomic E-state index is 0.0441. The van der Waals surface area contributed by atoms with E-state index in [0.717, 1.165) is 68.7 Å². The van der Waals surface area contributed by atoms with Crippen molar-refractivity contribution in [3.63, 3.8) is 0 Å². The summed E-state index contributed by atoms with van der Waals surface area (Å²) in [5.41, 5.74) is 0.968. The quantitative estimate of drug-likeness (QED) is 0.506. The van der Waals surface area contributed by atoms with Crippen molar-refractivity contribution in [2.45, 2.75) is 43.6 Å². The van der Waals surface area contributed by atoms with Crippen molar-refractivity contribution in [1.29, 1.82) is 0 Å². The maximum absolute atomic E-state index is 14.2. The smallest absolute Gasteiger partial charge is 0.258 e. The standard InChI is InChI=1S/C24H27FN4O4S/c1-3-4-17-15-26-24(27-16-17)28-10-7-19(8-11-28)33-20-9-12-29(23(30)14-20)18-5-6-22(21(25)13-18)34(2,31)32/h5-6,9,12-16,19H,3-4,7-8,10-11H2,1-2H3. The van der Waals surface area contributed by atoms with Crippen molar-refractivity contribution >= 4 is 15.8 Å². The summed E-state index contributed by atoms with van der Waals surface area (Å²) < 4.78 is 44.7. The van der Waals surface area contributed by atoms with Crippen LogP contribution in [0.5, 0.6) is 5.75 Å². The highest BCUT2D eigenvalue weighted by Crippen LogP contribution is 2.22. The summed E-state index contributed by atoms with van der Waals surface area (Å²) in [5.74, 6) is 0.256. The number of piperidine rings is 1. The van der Waals surface area contributed by atoms with Crippen LogP contribution in [-0.4, -0.2) is 48.4 Å². The van der Waals surface area contributed by atoms with E-state index >= 15 is 0 Å². The Morgan fingerprint density at radius 2 is 1.82 bits per heavy atom. The van der Waals surface area contributed by atoms with Crippen LogP contribution < -0.4 is 15.2 Å². The van der Waals surface area contributed by atoms with Crippen LogP contribution >= 0.6 is 0 Å². The summed E-state index contributed by atoms with van der Waals surface area (Å²) in [5, 5.41) is 0. The molecule has 2 aromatic heterocycles. The van der Waals surface area contributed by atoms with Gasteiger partial charge in [-0.1, -0.05) is 13.3 Å². The topological polar surface area (TPSA) is 94.4 Å². The highest BCUT2D eigenvalue weighted by molar-refractivity contribution is 7.90. The van der Waals surface area contributed by atoms with Gasteiger partial charge in [-0.05, 0) is 36.2 Å². The molecule has 1 aliphatic heterocycles. The fraction of sp³-hybridized carbons (Fsp3) is 0.375. The van der Waals surface area contributed by atoms with Gasteiger partial charge in [-0.2, -0.15) is 0 Å². The molecule has 0 N–H and O–H groups in total. The summed E-state index contributed by atoms with van der Waals surface area (Å²) in [7, 11) is -3.69. The molecule has 1 aliphatic rings. The van der Waals surface area contributed by atoms with Gasteiger partial charge in [-0.3, -0.25) is 9.36 Å². The molecule has 1 saturated heterocycles. The minimum atomic E-state index is -3.69. The third-order valence-electron chi connectivity index (χ3n) is 5.74. The number of hydrogen-bond acceptors (Lipinski definition) is 7. The van der Waals surface area contributed by atoms with E-state index in [4.69, 9.17) is 4.74 Å². The van der Waals surface area contributed by atoms with Gasteiger partial charge in [0.15, 0.2) is 9.84 Å². The molecular weight excluding hydrogens is 459 g/mol. The number of pyridine rings is 1. The Morgan fingerprint density at radius 1 is 1.12 bits per heavy atom. The molecule has 1 aromatic carbocycles. The number of benzene rings is 1. The predicted molar refractivity (Wildman–Crippen MR) is 127 cm³/mol. The van der Waals surface area contributed by atoms with Gasteiger partial charge >= 0.3 is 0 Å². The van der Waals surface area contributed by atoms with Crippen LogP contribution in [0.25, 0.3) is 5.69 Å². The van der Waals surface area contributed by atoms with Crippen LogP contribution in [0.15, 0.2) is 58.6 Å². The van der Waals surface area contributed by atoms with Crippen molar-refractivity contribution in [2.75, 3.05) is 24.2 Å². The van der Waals surface area contributed by atoms with Crippen LogP contribution in [0.1, 0.15) is 31.7 Å². The average Bonchev–Trinajstić information content (AvgIpc) is 2.80. The number of halogens is 1. The molecule has 0 spiro atoms. The predicted octanol–water partition coefficient (Wildman–Crippen LogP) is 3.17. The molecule has 3 aromatic rings. The first kappa shape index (κ1) is 23.9. The lowest BCUT2D eigenvalue weighted by Gasteiger charge is -2.32. The lowest BCUT2D eigenvalue weighted by atomic mass is 10.1. The van der Waals surface area contributed by atoms with E-state index < -0.39 is 26.1 Å². The Morgan fingerprint density at radius 3 is 2.41 bits per heavy atom. The Bertz CT molecular complexity index is 1320. The fourth-order valence-electron chi connectivity index (χ4n) is 3.98. The molecule has 0 unspecified atom stereocenters. The number of anilines is 1. The van der Waals surface area contributed by atoms with Crippen molar-refractivity contribution in [2.24, 2.45) is 0 Å². The first-order valence-corrected chi connectivity index (χ1v) is 13.1. The molecule has 1 fully saturated rings. The third kappa shape index (κ3) is 5.44. The summed E-state index contributed by atoms with van der Waals surface area (Å²) in [4.78, 5) is 23.3. The summed E-state index contributed by atoms with van der Waals surface area (Å²) >= 11 is 0. The number of sulfone groups is 1. The van der Waals surface area contributed by atoms with Crippen LogP contribution in [0.2, 0.25) is 0 Å². The van der Waals surface area contributed by atoms with Gasteiger partial charge in [-0.25, -0.2) is 22.8 Å². The van der Waals surface area contributed by atoms with E-state index in [-0.39, 0.29) is 11.8 Å². The van der Waals surface area contributed by atoms with Crippen molar-refractivity contribution in [3.8, 4) is 11.4 Å². The second kappa shape index (κ2) is 9.92. The second-order valence-corrected chi connectivity index (χ2v) is 10.4. The second-order valence-electron chi connectivity index (χ2n) is 8.40. The van der Waals surface area contributed by atoms with Crippen LogP contribution in [0, 0.1) is 5.82 Å². The number of nitrogens with zero attached hydrogens (tertiary/aromatic N) is 4. The van der Waals surface area contributed by atoms with Gasteiger partial charge in [-0.15, -0.1) is 0 Å². The van der Waals surface area contributed by atoms with Gasteiger partial charge in [0.2, 0.25) is 5.95 Å². The number of ether oxygens (including phenoxy) is 1. The van der Waals surface area contributed by atoms with Crippen molar-refractivity contribution < 1.29 is 17.5 Å². The Balaban J connectivity index is 1.39. The minimum Gasteiger partial charge on any atom is -0.490 e. The summed E-state index contributed by atoms with van der Waals surface area (Å²) in [6.07, 6.45) is 9.70. The van der Waals surface area contributed by atoms with Crippen LogP contribution in [0.4, 0.5) is 10.3 Å². The van der Waals surface area contributed by atoms with Crippen molar-refractivity contribution in [1.82, 2.24) is 14.5 Å². The molecule has 0 amide bonds. The van der Waals surface area contributed by atoms with Gasteiger partial charge in [0.25, 0.3) is 5.56 Å². The highest BCUT2D eigenvalue weighted by atomic mass is 32.2. The maximum atomic E-state index is 14.2. The highest BCUT2D eigenvalue weighted by Gasteiger charge is 2.22. The van der Waals surface area contributed by atoms with Crippen molar-refractivity contribution in [3.05, 3.63) is 70.7 Å². The third-order valence-corrected chi connectivity index (χ3v) is 6.87. The molecule has 10 heteroatoms. The molecule has 3 heterocycles. The van der Waals surface area contributed by atoms with E-state index in [0.29, 0.717) is 5.75 Å². The van der Waals surface area contributed by atoms with E-state index in [2.05, 4.69) is 21.8 Å². The zero-order chi connectivity index (χ0) is 24.3. The van der Waals surface area contributed by atoms with E-state index in [1.165, 1.54) is 22.9 Å². The molecule has 34 heavy (non-hydrogen) atoms. The Kier molecular flexibility index (Phi) is 6.97. The number of hydrogen-bond donors (Lipinski definition) is 0. The number of rotatable bonds is 7. The molecule has 0 atom stereocenters. The largest absolute Gasteiger partial charge is 0.490 e. The Hall–Kier alpha value is -3.27. The van der Waals surface area contributed by atoms with Crippen LogP contribution in [0.3, 0.4) is 0 Å². The number of aromatic nitrogens is 3. The van der Waals surface area contributed by atoms with Crippen LogP contribution in [-0.2, 0) is 16.3 Å². The Labute approximate surface area is 198 Å². The van der Waals surface area contributed by atoms with E-state index in [1.807, 2.05) is 12.4 Å². The molecular formula is C24H27FN4O4S. The molecule has 4 rings (SSSR count). The van der Waals surface area contributed by atoms with Gasteiger partial charge in [0.1, 0.15) is 22.6 Å². The maximum Gasteiger partial charge on any atom is 0.258 e. The lowest BCUT2D eigenvalue weighted by Crippen LogP contribution is -2.39. The fourth-order valence-corrected chi connectivity index (χ4v) is 4.71. The van der Waals surface area contributed by atoms with Gasteiger partial charge < -0.3 is 9.64 Å².